The Morgan fingerprint density at radius 3 is 3.09 bits per heavy atom. The van der Waals surface area contributed by atoms with Crippen LogP contribution in [0.2, 0.25) is 0 Å². The van der Waals surface area contributed by atoms with Gasteiger partial charge in [0.05, 0.1) is 0 Å². The molecule has 1 heterocycles. The van der Waals surface area contributed by atoms with E-state index < -0.39 is 5.56 Å². The number of carbonyl (C=O) groups is 1. The first-order valence-electron chi connectivity index (χ1n) is 7.41. The van der Waals surface area contributed by atoms with Gasteiger partial charge in [0.15, 0.2) is 5.82 Å². The number of nitrogen functional groups attached to an aromatic ring is 1. The van der Waals surface area contributed by atoms with E-state index in [1.807, 2.05) is 6.07 Å². The Balaban J connectivity index is 1.65. The highest BCUT2D eigenvalue weighted by Gasteiger charge is 2.10. The van der Waals surface area contributed by atoms with E-state index in [9.17, 15) is 9.59 Å². The number of rotatable bonds is 4. The van der Waals surface area contributed by atoms with Gasteiger partial charge in [-0.25, -0.2) is 4.98 Å². The molecule has 1 aliphatic carbocycles. The van der Waals surface area contributed by atoms with Gasteiger partial charge in [0.2, 0.25) is 5.91 Å². The predicted octanol–water partition coefficient (Wildman–Crippen LogP) is 1.02. The van der Waals surface area contributed by atoms with Gasteiger partial charge in [-0.2, -0.15) is 0 Å². The second-order valence-electron chi connectivity index (χ2n) is 5.59. The molecule has 0 radical (unpaired) electrons. The first kappa shape index (κ1) is 15.0. The van der Waals surface area contributed by atoms with Crippen molar-refractivity contribution in [2.45, 2.75) is 26.4 Å². The molecule has 23 heavy (non-hydrogen) atoms. The van der Waals surface area contributed by atoms with Crippen LogP contribution in [-0.2, 0) is 24.3 Å². The molecule has 1 aromatic heterocycles. The van der Waals surface area contributed by atoms with Gasteiger partial charge in [0, 0.05) is 18.4 Å². The summed E-state index contributed by atoms with van der Waals surface area (Å²) in [6.45, 7) is 2.08. The fraction of sp³-hybridized carbons (Fsp3) is 0.235. The molecule has 1 amide bonds. The van der Waals surface area contributed by atoms with E-state index in [0.717, 1.165) is 12.0 Å². The number of aromatic nitrogens is 2. The predicted molar refractivity (Wildman–Crippen MR) is 88.7 cm³/mol. The van der Waals surface area contributed by atoms with Crippen LogP contribution in [0.15, 0.2) is 35.3 Å². The number of allylic oxidation sites excluding steroid dienone is 1. The third kappa shape index (κ3) is 3.15. The molecule has 2 aromatic rings. The monoisotopic (exact) mass is 310 g/mol. The number of nitrogens with one attached hydrogen (secondary N) is 1. The molecule has 1 aliphatic rings. The van der Waals surface area contributed by atoms with Crippen molar-refractivity contribution in [3.05, 3.63) is 63.2 Å². The molecule has 6 heteroatoms. The Hall–Kier alpha value is -2.89. The molecule has 1 aromatic carbocycles. The Kier molecular flexibility index (Phi) is 3.97. The van der Waals surface area contributed by atoms with Crippen LogP contribution >= 0.6 is 0 Å². The molecular weight excluding hydrogens is 292 g/mol. The van der Waals surface area contributed by atoms with Crippen LogP contribution in [0.5, 0.6) is 0 Å². The maximum Gasteiger partial charge on any atom is 0.293 e. The van der Waals surface area contributed by atoms with E-state index in [1.165, 1.54) is 21.9 Å². The minimum Gasteiger partial charge on any atom is -0.379 e. The van der Waals surface area contributed by atoms with E-state index >= 15 is 0 Å². The molecule has 0 atom stereocenters. The van der Waals surface area contributed by atoms with Gasteiger partial charge < -0.3 is 11.1 Å². The van der Waals surface area contributed by atoms with Crippen molar-refractivity contribution in [2.75, 3.05) is 5.73 Å². The molecule has 3 rings (SSSR count). The highest BCUT2D eigenvalue weighted by atomic mass is 16.2. The summed E-state index contributed by atoms with van der Waals surface area (Å²) < 4.78 is 1.32. The minimum absolute atomic E-state index is 0.0656. The van der Waals surface area contributed by atoms with Crippen LogP contribution < -0.4 is 16.6 Å². The molecule has 0 spiro atoms. The van der Waals surface area contributed by atoms with Crippen LogP contribution in [-0.4, -0.2) is 15.5 Å². The highest BCUT2D eigenvalue weighted by molar-refractivity contribution is 5.76. The summed E-state index contributed by atoms with van der Waals surface area (Å²) in [6.07, 6.45) is 6.64. The number of nitrogens with zero attached hydrogens (tertiary/aromatic N) is 2. The van der Waals surface area contributed by atoms with E-state index in [1.54, 1.807) is 6.92 Å². The van der Waals surface area contributed by atoms with Gasteiger partial charge in [-0.1, -0.05) is 30.4 Å². The standard InChI is InChI=1S/C17H18N4O2/c1-11-8-20-16(18)17(23)21(11)10-15(22)19-9-12-5-6-13-3-2-4-14(13)7-12/h2-3,5-8H,4,9-10H2,1H3,(H2,18,20)(H,19,22). The average Bonchev–Trinajstić information content (AvgIpc) is 3.01. The van der Waals surface area contributed by atoms with Crippen molar-refractivity contribution in [3.63, 3.8) is 0 Å². The van der Waals surface area contributed by atoms with Crippen LogP contribution in [0.25, 0.3) is 6.08 Å². The average molecular weight is 310 g/mol. The molecule has 0 fully saturated rings. The molecule has 0 saturated carbocycles. The first-order chi connectivity index (χ1) is 11.0. The summed E-state index contributed by atoms with van der Waals surface area (Å²) in [7, 11) is 0. The smallest absolute Gasteiger partial charge is 0.293 e. The lowest BCUT2D eigenvalue weighted by molar-refractivity contribution is -0.121. The summed E-state index contributed by atoms with van der Waals surface area (Å²) in [4.78, 5) is 27.8. The number of nitrogens with two attached hydrogens (primary N) is 1. The zero-order valence-corrected chi connectivity index (χ0v) is 12.9. The SMILES string of the molecule is Cc1cnc(N)c(=O)n1CC(=O)NCc1ccc2c(c1)CC=C2. The maximum atomic E-state index is 12.1. The fourth-order valence-electron chi connectivity index (χ4n) is 2.60. The fourth-order valence-corrected chi connectivity index (χ4v) is 2.60. The molecular formula is C17H18N4O2. The molecule has 6 nitrogen and oxygen atoms in total. The first-order valence-corrected chi connectivity index (χ1v) is 7.41. The Morgan fingerprint density at radius 2 is 2.26 bits per heavy atom. The maximum absolute atomic E-state index is 12.1. The lowest BCUT2D eigenvalue weighted by atomic mass is 10.1. The number of anilines is 1. The van der Waals surface area contributed by atoms with Crippen LogP contribution in [0.1, 0.15) is 22.4 Å². The largest absolute Gasteiger partial charge is 0.379 e. The molecule has 118 valence electrons. The van der Waals surface area contributed by atoms with Gasteiger partial charge >= 0.3 is 0 Å². The summed E-state index contributed by atoms with van der Waals surface area (Å²) >= 11 is 0. The second kappa shape index (κ2) is 6.08. The summed E-state index contributed by atoms with van der Waals surface area (Å²) in [5.41, 5.74) is 9.20. The second-order valence-corrected chi connectivity index (χ2v) is 5.59. The number of hydrogen-bond acceptors (Lipinski definition) is 4. The van der Waals surface area contributed by atoms with Crippen molar-refractivity contribution in [3.8, 4) is 0 Å². The van der Waals surface area contributed by atoms with Gasteiger partial charge in [0.1, 0.15) is 6.54 Å². The number of amides is 1. The number of hydrogen-bond donors (Lipinski definition) is 2. The van der Waals surface area contributed by atoms with Crippen molar-refractivity contribution in [1.29, 1.82) is 0 Å². The van der Waals surface area contributed by atoms with Gasteiger partial charge in [-0.15, -0.1) is 0 Å². The van der Waals surface area contributed by atoms with E-state index in [-0.39, 0.29) is 18.3 Å². The Morgan fingerprint density at radius 1 is 1.43 bits per heavy atom. The van der Waals surface area contributed by atoms with E-state index in [0.29, 0.717) is 12.2 Å². The number of aryl methyl sites for hydroxylation is 1. The van der Waals surface area contributed by atoms with E-state index in [4.69, 9.17) is 5.73 Å². The normalized spacial score (nSPS) is 12.2. The lowest BCUT2D eigenvalue weighted by Crippen LogP contribution is -2.34. The number of carbonyl (C=O) groups excluding carboxylic acids is 1. The summed E-state index contributed by atoms with van der Waals surface area (Å²) in [6, 6.07) is 6.15. The van der Waals surface area contributed by atoms with Crippen molar-refractivity contribution in [1.82, 2.24) is 14.9 Å². The zero-order chi connectivity index (χ0) is 16.4. The molecule has 0 aliphatic heterocycles. The van der Waals surface area contributed by atoms with Crippen LogP contribution in [0.3, 0.4) is 0 Å². The zero-order valence-electron chi connectivity index (χ0n) is 12.9. The van der Waals surface area contributed by atoms with Gasteiger partial charge in [-0.3, -0.25) is 14.2 Å². The van der Waals surface area contributed by atoms with Gasteiger partial charge in [-0.05, 0) is 30.0 Å². The Labute approximate surface area is 133 Å². The quantitative estimate of drug-likeness (QED) is 0.882. The Bertz CT molecular complexity index is 852. The lowest BCUT2D eigenvalue weighted by Gasteiger charge is -2.11. The third-order valence-electron chi connectivity index (χ3n) is 3.91. The van der Waals surface area contributed by atoms with Crippen molar-refractivity contribution < 1.29 is 4.79 Å². The number of benzene rings is 1. The third-order valence-corrected chi connectivity index (χ3v) is 3.91. The number of fused-ring (bicyclic) bond motifs is 1. The van der Waals surface area contributed by atoms with Crippen LogP contribution in [0.4, 0.5) is 5.82 Å². The molecule has 3 N–H and O–H groups in total. The minimum atomic E-state index is -0.441. The molecule has 0 bridgehead atoms. The van der Waals surface area contributed by atoms with E-state index in [2.05, 4.69) is 34.6 Å². The highest BCUT2D eigenvalue weighted by Crippen LogP contribution is 2.20. The summed E-state index contributed by atoms with van der Waals surface area (Å²) in [5, 5.41) is 2.83. The van der Waals surface area contributed by atoms with Gasteiger partial charge in [0.25, 0.3) is 5.56 Å². The molecule has 0 unspecified atom stereocenters. The van der Waals surface area contributed by atoms with Crippen molar-refractivity contribution >= 4 is 17.8 Å². The summed E-state index contributed by atoms with van der Waals surface area (Å²) in [5.74, 6) is -0.339. The van der Waals surface area contributed by atoms with Crippen LogP contribution in [0, 0.1) is 6.92 Å². The topological polar surface area (TPSA) is 90.0 Å². The molecule has 0 saturated heterocycles. The van der Waals surface area contributed by atoms with Crippen molar-refractivity contribution in [2.24, 2.45) is 0 Å².